The maximum absolute atomic E-state index is 14.4. The van der Waals surface area contributed by atoms with Gasteiger partial charge in [0.05, 0.1) is 6.61 Å². The number of carboxylic acid groups (broad SMARTS) is 2. The maximum Gasteiger partial charge on any atom is 0.317 e. The summed E-state index contributed by atoms with van der Waals surface area (Å²) in [5, 5.41) is 134. The zero-order valence-electron chi connectivity index (χ0n) is 33.7. The number of aromatic hydroxyl groups is 2. The molecule has 15 atom stereocenters. The third-order valence-electron chi connectivity index (χ3n) is 10.4. The summed E-state index contributed by atoms with van der Waals surface area (Å²) < 4.78 is 49.6. The molecule has 2 aromatic carbocycles. The molecule has 3 aliphatic heterocycles. The Balaban J connectivity index is 1.33. The third-order valence-corrected chi connectivity index (χ3v) is 10.4. The number of rotatable bonds is 16. The molecule has 1 aromatic heterocycles. The number of phenols is 2. The predicted molar refractivity (Wildman–Crippen MR) is 205 cm³/mol. The van der Waals surface area contributed by atoms with E-state index in [-0.39, 0.29) is 11.3 Å². The quantitative estimate of drug-likeness (QED) is 0.0473. The van der Waals surface area contributed by atoms with Crippen molar-refractivity contribution in [2.75, 3.05) is 19.8 Å². The van der Waals surface area contributed by atoms with E-state index in [1.165, 1.54) is 24.3 Å². The van der Waals surface area contributed by atoms with E-state index in [0.29, 0.717) is 0 Å². The number of fused-ring (bicyclic) bond motifs is 1. The molecule has 6 rings (SSSR count). The molecule has 0 radical (unpaired) electrons. The standard InChI is InChI=1S/C39H44O27/c40-9-17-25(49)31(55)36(66-38-33(57)30(54)27(51)19(64-38)11-59-23(48)8-21(45)46)39(62-17)65-35-28(52)24-15(42)5-14(6-16(24)61-34(35)12-1-3-13(41)4-2-12)60-37-32(56)29(53)26(50)18(63-37)10-58-22(47)7-20(43)44/h1-6,17-19,25-27,29-33,36-42,49-51,53-57H,7-11H2,(H,43,44)(H,45,46). The number of carbonyl (C=O) groups excluding carboxylic acids is 2. The normalized spacial score (nSPS) is 32.3. The van der Waals surface area contributed by atoms with E-state index in [2.05, 4.69) is 0 Å². The molecule has 0 amide bonds. The Labute approximate surface area is 368 Å². The van der Waals surface area contributed by atoms with Crippen LogP contribution in [-0.2, 0) is 47.6 Å². The van der Waals surface area contributed by atoms with Crippen LogP contribution in [0.1, 0.15) is 12.8 Å². The minimum absolute atomic E-state index is 0.0213. The topological polar surface area (TPSA) is 435 Å². The Morgan fingerprint density at radius 3 is 1.67 bits per heavy atom. The molecule has 4 heterocycles. The molecule has 0 bridgehead atoms. The Kier molecular flexibility index (Phi) is 15.6. The summed E-state index contributed by atoms with van der Waals surface area (Å²) in [7, 11) is 0. The lowest BCUT2D eigenvalue weighted by atomic mass is 9.97. The van der Waals surface area contributed by atoms with Crippen molar-refractivity contribution in [3.05, 3.63) is 46.6 Å². The average molecular weight is 945 g/mol. The number of carboxylic acids is 2. The summed E-state index contributed by atoms with van der Waals surface area (Å²) in [4.78, 5) is 59.8. The van der Waals surface area contributed by atoms with Crippen molar-refractivity contribution in [1.82, 2.24) is 0 Å². The van der Waals surface area contributed by atoms with Crippen LogP contribution in [0.2, 0.25) is 0 Å². The molecule has 0 saturated carbocycles. The minimum Gasteiger partial charge on any atom is -0.508 e. The first-order valence-corrected chi connectivity index (χ1v) is 19.6. The van der Waals surface area contributed by atoms with Crippen LogP contribution in [0.25, 0.3) is 22.3 Å². The number of aliphatic carboxylic acids is 2. The highest BCUT2D eigenvalue weighted by atomic mass is 16.8. The van der Waals surface area contributed by atoms with Gasteiger partial charge in [-0.25, -0.2) is 0 Å². The smallest absolute Gasteiger partial charge is 0.317 e. The van der Waals surface area contributed by atoms with Gasteiger partial charge in [-0.2, -0.15) is 0 Å². The van der Waals surface area contributed by atoms with Crippen molar-refractivity contribution in [1.29, 1.82) is 0 Å². The van der Waals surface area contributed by atoms with Gasteiger partial charge < -0.3 is 109 Å². The molecule has 13 N–H and O–H groups in total. The highest BCUT2D eigenvalue weighted by Gasteiger charge is 2.52. The molecule has 27 nitrogen and oxygen atoms in total. The Hall–Kier alpha value is -5.79. The van der Waals surface area contributed by atoms with E-state index in [9.17, 15) is 80.1 Å². The zero-order valence-corrected chi connectivity index (χ0v) is 33.7. The second-order valence-electron chi connectivity index (χ2n) is 15.0. The van der Waals surface area contributed by atoms with Crippen LogP contribution in [-0.4, -0.2) is 202 Å². The van der Waals surface area contributed by atoms with Crippen molar-refractivity contribution in [3.63, 3.8) is 0 Å². The highest BCUT2D eigenvalue weighted by molar-refractivity contribution is 5.91. The second kappa shape index (κ2) is 20.8. The fraction of sp³-hybridized carbons (Fsp3) is 0.513. The Bertz CT molecular complexity index is 2280. The zero-order chi connectivity index (χ0) is 48.3. The minimum atomic E-state index is -2.15. The monoisotopic (exact) mass is 944 g/mol. The highest BCUT2D eigenvalue weighted by Crippen LogP contribution is 2.39. The average Bonchev–Trinajstić information content (AvgIpc) is 3.25. The van der Waals surface area contributed by atoms with Gasteiger partial charge in [0.25, 0.3) is 0 Å². The van der Waals surface area contributed by atoms with E-state index in [0.717, 1.165) is 12.1 Å². The first-order valence-electron chi connectivity index (χ1n) is 19.6. The first-order chi connectivity index (χ1) is 31.2. The first kappa shape index (κ1) is 49.6. The number of esters is 2. The molecule has 0 aliphatic carbocycles. The Morgan fingerprint density at radius 2 is 1.12 bits per heavy atom. The van der Waals surface area contributed by atoms with Gasteiger partial charge in [0.2, 0.25) is 23.8 Å². The van der Waals surface area contributed by atoms with Gasteiger partial charge in [0, 0.05) is 17.7 Å². The van der Waals surface area contributed by atoms with Gasteiger partial charge in [-0.05, 0) is 24.3 Å². The van der Waals surface area contributed by atoms with Crippen molar-refractivity contribution in [3.8, 4) is 34.3 Å². The van der Waals surface area contributed by atoms with Gasteiger partial charge in [-0.1, -0.05) is 0 Å². The van der Waals surface area contributed by atoms with E-state index >= 15 is 0 Å². The summed E-state index contributed by atoms with van der Waals surface area (Å²) >= 11 is 0. The molecular weight excluding hydrogens is 900 g/mol. The number of hydrogen-bond acceptors (Lipinski definition) is 25. The lowest BCUT2D eigenvalue weighted by Crippen LogP contribution is -2.65. The molecule has 66 heavy (non-hydrogen) atoms. The fourth-order valence-electron chi connectivity index (χ4n) is 6.95. The fourth-order valence-corrected chi connectivity index (χ4v) is 6.95. The van der Waals surface area contributed by atoms with Gasteiger partial charge in [-0.15, -0.1) is 0 Å². The molecule has 3 fully saturated rings. The third kappa shape index (κ3) is 10.9. The molecule has 3 aromatic rings. The summed E-state index contributed by atoms with van der Waals surface area (Å²) in [6, 6.07) is 6.63. The number of carbonyl (C=O) groups is 4. The number of ether oxygens (including phenoxy) is 8. The molecule has 3 saturated heterocycles. The van der Waals surface area contributed by atoms with Crippen LogP contribution in [0.5, 0.6) is 23.0 Å². The van der Waals surface area contributed by atoms with Crippen molar-refractivity contribution in [2.45, 2.75) is 105 Å². The van der Waals surface area contributed by atoms with E-state index in [1.807, 2.05) is 0 Å². The van der Waals surface area contributed by atoms with E-state index in [1.54, 1.807) is 0 Å². The Morgan fingerprint density at radius 1 is 0.606 bits per heavy atom. The second-order valence-corrected chi connectivity index (χ2v) is 15.0. The van der Waals surface area contributed by atoms with Gasteiger partial charge >= 0.3 is 23.9 Å². The molecule has 15 unspecified atom stereocenters. The summed E-state index contributed by atoms with van der Waals surface area (Å²) in [6.45, 7) is -2.66. The molecule has 3 aliphatic rings. The van der Waals surface area contributed by atoms with Crippen LogP contribution in [0.3, 0.4) is 0 Å². The van der Waals surface area contributed by atoms with Crippen molar-refractivity contribution < 1.29 is 128 Å². The lowest BCUT2D eigenvalue weighted by Gasteiger charge is -2.45. The van der Waals surface area contributed by atoms with Crippen LogP contribution in [0, 0.1) is 0 Å². The largest absolute Gasteiger partial charge is 0.508 e. The SMILES string of the molecule is O=C(O)CC(=O)OCC1OC(Oc2cc(O)c3c(=O)c(OC4OC(CO)C(O)C(O)C4OC4OC(COC(=O)CC(=O)O)C(O)C(O)C4O)c(-c4ccc(O)cc4)oc3c2)C(O)C(O)C1O. The van der Waals surface area contributed by atoms with Crippen LogP contribution in [0.4, 0.5) is 0 Å². The van der Waals surface area contributed by atoms with E-state index in [4.69, 9.17) is 52.5 Å². The predicted octanol–water partition coefficient (Wildman–Crippen LogP) is -4.90. The van der Waals surface area contributed by atoms with Gasteiger partial charge in [0.15, 0.2) is 18.2 Å². The molecule has 0 spiro atoms. The molecular formula is C39H44O27. The summed E-state index contributed by atoms with van der Waals surface area (Å²) in [5.41, 5.74) is -1.69. The molecule has 362 valence electrons. The summed E-state index contributed by atoms with van der Waals surface area (Å²) in [6.07, 6.45) is -31.4. The van der Waals surface area contributed by atoms with Gasteiger partial charge in [0.1, 0.15) is 121 Å². The van der Waals surface area contributed by atoms with Crippen LogP contribution < -0.4 is 14.9 Å². The van der Waals surface area contributed by atoms with E-state index < -0.39 is 188 Å². The molecule has 27 heteroatoms. The maximum atomic E-state index is 14.4. The number of aliphatic hydroxyl groups excluding tert-OH is 9. The lowest BCUT2D eigenvalue weighted by molar-refractivity contribution is -0.358. The van der Waals surface area contributed by atoms with Crippen molar-refractivity contribution >= 4 is 34.8 Å². The van der Waals surface area contributed by atoms with Gasteiger partial charge in [-0.3, -0.25) is 24.0 Å². The number of hydrogen-bond donors (Lipinski definition) is 13. The van der Waals surface area contributed by atoms with Crippen molar-refractivity contribution in [2.24, 2.45) is 0 Å². The number of aliphatic hydroxyl groups is 9. The number of benzene rings is 2. The van der Waals surface area contributed by atoms with Crippen LogP contribution in [0.15, 0.2) is 45.6 Å². The summed E-state index contributed by atoms with van der Waals surface area (Å²) in [5.74, 6) is -8.45. The number of phenolic OH excluding ortho intramolecular Hbond substituents is 2. The van der Waals surface area contributed by atoms with Crippen LogP contribution >= 0.6 is 0 Å².